The SMILES string of the molecule is NS(=O)(=O)c1ccc([C@@H]2C[C@H]2C(=O)Cc2cc(F)ccc2OC(F)(F)F)cc1. The van der Waals surface area contributed by atoms with E-state index in [0.717, 1.165) is 23.8 Å². The largest absolute Gasteiger partial charge is 0.573 e. The van der Waals surface area contributed by atoms with Gasteiger partial charge in [0.15, 0.2) is 0 Å². The molecule has 0 heterocycles. The molecule has 1 aliphatic carbocycles. The highest BCUT2D eigenvalue weighted by Crippen LogP contribution is 2.48. The highest BCUT2D eigenvalue weighted by atomic mass is 32.2. The van der Waals surface area contributed by atoms with E-state index in [2.05, 4.69) is 4.74 Å². The summed E-state index contributed by atoms with van der Waals surface area (Å²) in [6, 6.07) is 8.23. The molecule has 0 amide bonds. The lowest BCUT2D eigenvalue weighted by molar-refractivity contribution is -0.274. The number of primary sulfonamides is 1. The fraction of sp³-hybridized carbons (Fsp3) is 0.278. The van der Waals surface area contributed by atoms with Crippen molar-refractivity contribution < 1.29 is 35.5 Å². The second-order valence-electron chi connectivity index (χ2n) is 6.51. The van der Waals surface area contributed by atoms with Crippen molar-refractivity contribution >= 4 is 15.8 Å². The van der Waals surface area contributed by atoms with Gasteiger partial charge in [0.05, 0.1) is 4.90 Å². The van der Waals surface area contributed by atoms with E-state index < -0.39 is 40.3 Å². The van der Waals surface area contributed by atoms with Crippen LogP contribution in [0.3, 0.4) is 0 Å². The Morgan fingerprint density at radius 1 is 1.14 bits per heavy atom. The number of sulfonamides is 1. The quantitative estimate of drug-likeness (QED) is 0.731. The monoisotopic (exact) mass is 417 g/mol. The summed E-state index contributed by atoms with van der Waals surface area (Å²) in [6.07, 6.45) is -4.89. The van der Waals surface area contributed by atoms with Crippen molar-refractivity contribution in [2.45, 2.75) is 30.0 Å². The average molecular weight is 417 g/mol. The van der Waals surface area contributed by atoms with Crippen LogP contribution in [0.1, 0.15) is 23.5 Å². The molecule has 0 bridgehead atoms. The lowest BCUT2D eigenvalue weighted by atomic mass is 10.0. The Morgan fingerprint density at radius 2 is 1.79 bits per heavy atom. The van der Waals surface area contributed by atoms with Crippen LogP contribution in [0.15, 0.2) is 47.4 Å². The fourth-order valence-electron chi connectivity index (χ4n) is 3.05. The van der Waals surface area contributed by atoms with Gasteiger partial charge in [-0.1, -0.05) is 12.1 Å². The summed E-state index contributed by atoms with van der Waals surface area (Å²) in [7, 11) is -3.83. The van der Waals surface area contributed by atoms with Crippen molar-refractivity contribution in [3.05, 3.63) is 59.4 Å². The molecule has 0 radical (unpaired) electrons. The Morgan fingerprint density at radius 3 is 2.36 bits per heavy atom. The predicted octanol–water partition coefficient (Wildman–Crippen LogP) is 3.29. The van der Waals surface area contributed by atoms with E-state index >= 15 is 0 Å². The van der Waals surface area contributed by atoms with Crippen molar-refractivity contribution in [2.24, 2.45) is 11.1 Å². The van der Waals surface area contributed by atoms with E-state index in [1.807, 2.05) is 0 Å². The van der Waals surface area contributed by atoms with Gasteiger partial charge in [-0.25, -0.2) is 17.9 Å². The van der Waals surface area contributed by atoms with Crippen molar-refractivity contribution in [3.8, 4) is 5.75 Å². The lowest BCUT2D eigenvalue weighted by Crippen LogP contribution is -2.19. The van der Waals surface area contributed by atoms with Crippen LogP contribution in [0.25, 0.3) is 0 Å². The Hall–Kier alpha value is -2.46. The smallest absolute Gasteiger partial charge is 0.405 e. The van der Waals surface area contributed by atoms with Gasteiger partial charge in [-0.3, -0.25) is 4.79 Å². The molecule has 150 valence electrons. The number of hydrogen-bond donors (Lipinski definition) is 1. The van der Waals surface area contributed by atoms with Crippen LogP contribution < -0.4 is 9.88 Å². The third-order valence-electron chi connectivity index (χ3n) is 4.45. The summed E-state index contributed by atoms with van der Waals surface area (Å²) in [4.78, 5) is 12.4. The van der Waals surface area contributed by atoms with Crippen molar-refractivity contribution in [2.75, 3.05) is 0 Å². The Kier molecular flexibility index (Phi) is 5.20. The second-order valence-corrected chi connectivity index (χ2v) is 8.07. The molecule has 2 aromatic carbocycles. The number of carbonyl (C=O) groups excluding carboxylic acids is 1. The molecule has 28 heavy (non-hydrogen) atoms. The Labute approximate surface area is 158 Å². The van der Waals surface area contributed by atoms with Gasteiger partial charge in [-0.05, 0) is 48.2 Å². The van der Waals surface area contributed by atoms with Crippen LogP contribution in [-0.2, 0) is 21.2 Å². The highest BCUT2D eigenvalue weighted by molar-refractivity contribution is 7.89. The van der Waals surface area contributed by atoms with Crippen LogP contribution in [0.4, 0.5) is 17.6 Å². The maximum Gasteiger partial charge on any atom is 0.573 e. The minimum absolute atomic E-state index is 0.0616. The van der Waals surface area contributed by atoms with Gasteiger partial charge in [0, 0.05) is 17.9 Å². The van der Waals surface area contributed by atoms with E-state index in [0.29, 0.717) is 6.42 Å². The zero-order valence-electron chi connectivity index (χ0n) is 14.2. The molecule has 3 rings (SSSR count). The third-order valence-corrected chi connectivity index (χ3v) is 5.38. The predicted molar refractivity (Wildman–Crippen MR) is 90.5 cm³/mol. The number of ketones is 1. The molecule has 1 saturated carbocycles. The van der Waals surface area contributed by atoms with Gasteiger partial charge < -0.3 is 4.74 Å². The summed E-state index contributed by atoms with van der Waals surface area (Å²) in [5.74, 6) is -2.36. The highest BCUT2D eigenvalue weighted by Gasteiger charge is 2.43. The molecule has 5 nitrogen and oxygen atoms in total. The number of rotatable bonds is 6. The summed E-state index contributed by atoms with van der Waals surface area (Å²) < 4.78 is 77.2. The van der Waals surface area contributed by atoms with Gasteiger partial charge in [0.2, 0.25) is 10.0 Å². The first-order valence-electron chi connectivity index (χ1n) is 8.14. The first-order chi connectivity index (χ1) is 12.9. The molecule has 2 aromatic rings. The number of alkyl halides is 3. The van der Waals surface area contributed by atoms with Gasteiger partial charge in [0.25, 0.3) is 0 Å². The molecule has 1 aliphatic rings. The Bertz CT molecular complexity index is 1000. The number of Topliss-reactive ketones (excluding diaryl/α,β-unsaturated/α-hetero) is 1. The van der Waals surface area contributed by atoms with Gasteiger partial charge >= 0.3 is 6.36 Å². The summed E-state index contributed by atoms with van der Waals surface area (Å²) in [5.41, 5.74) is 0.536. The molecule has 0 aliphatic heterocycles. The number of carbonyl (C=O) groups is 1. The van der Waals surface area contributed by atoms with E-state index in [-0.39, 0.29) is 22.2 Å². The second kappa shape index (κ2) is 7.17. The number of hydrogen-bond acceptors (Lipinski definition) is 4. The van der Waals surface area contributed by atoms with E-state index in [1.54, 1.807) is 0 Å². The van der Waals surface area contributed by atoms with Crippen molar-refractivity contribution in [1.29, 1.82) is 0 Å². The van der Waals surface area contributed by atoms with E-state index in [1.165, 1.54) is 24.3 Å². The van der Waals surface area contributed by atoms with E-state index in [9.17, 15) is 30.8 Å². The molecule has 0 spiro atoms. The maximum absolute atomic E-state index is 13.4. The molecular weight excluding hydrogens is 402 g/mol. The van der Waals surface area contributed by atoms with Gasteiger partial charge in [0.1, 0.15) is 17.3 Å². The topological polar surface area (TPSA) is 86.5 Å². The van der Waals surface area contributed by atoms with E-state index in [4.69, 9.17) is 5.14 Å². The molecular formula is C18H15F4NO4S. The minimum atomic E-state index is -4.96. The van der Waals surface area contributed by atoms with Crippen LogP contribution in [0, 0.1) is 11.7 Å². The fourth-order valence-corrected chi connectivity index (χ4v) is 3.57. The summed E-state index contributed by atoms with van der Waals surface area (Å²) in [5, 5.41) is 5.03. The van der Waals surface area contributed by atoms with Crippen molar-refractivity contribution in [1.82, 2.24) is 0 Å². The molecule has 0 aromatic heterocycles. The summed E-state index contributed by atoms with van der Waals surface area (Å²) in [6.45, 7) is 0. The average Bonchev–Trinajstić information content (AvgIpc) is 3.36. The number of benzene rings is 2. The third kappa shape index (κ3) is 4.87. The number of nitrogens with two attached hydrogens (primary N) is 1. The van der Waals surface area contributed by atoms with Gasteiger partial charge in [-0.15, -0.1) is 13.2 Å². The zero-order valence-corrected chi connectivity index (χ0v) is 15.1. The van der Waals surface area contributed by atoms with Crippen molar-refractivity contribution in [3.63, 3.8) is 0 Å². The Balaban J connectivity index is 1.71. The summed E-state index contributed by atoms with van der Waals surface area (Å²) >= 11 is 0. The number of ether oxygens (including phenoxy) is 1. The molecule has 10 heteroatoms. The molecule has 0 unspecified atom stereocenters. The van der Waals surface area contributed by atoms with Crippen LogP contribution in [-0.4, -0.2) is 20.6 Å². The molecule has 2 N–H and O–H groups in total. The van der Waals surface area contributed by atoms with Crippen LogP contribution >= 0.6 is 0 Å². The maximum atomic E-state index is 13.4. The zero-order chi connectivity index (χ0) is 20.7. The molecule has 0 saturated heterocycles. The molecule has 1 fully saturated rings. The first kappa shape index (κ1) is 20.3. The lowest BCUT2D eigenvalue weighted by Gasteiger charge is -2.13. The molecule has 2 atom stereocenters. The van der Waals surface area contributed by atoms with Crippen LogP contribution in [0.5, 0.6) is 5.75 Å². The van der Waals surface area contributed by atoms with Crippen LogP contribution in [0.2, 0.25) is 0 Å². The standard InChI is InChI=1S/C18H15F4NO4S/c19-12-3-6-17(27-18(20,21)22)11(7-12)8-16(24)15-9-14(15)10-1-4-13(5-2-10)28(23,25)26/h1-7,14-15H,8-9H2,(H2,23,25,26)/t14-,15+/m0/s1. The first-order valence-corrected chi connectivity index (χ1v) is 9.68. The minimum Gasteiger partial charge on any atom is -0.405 e. The van der Waals surface area contributed by atoms with Gasteiger partial charge in [-0.2, -0.15) is 0 Å². The number of halogens is 4. The normalized spacial score (nSPS) is 19.3.